The Kier molecular flexibility index (Phi) is 4.70. The number of carboxylic acid groups (broad SMARTS) is 1. The minimum atomic E-state index is -0.866. The molecule has 1 aliphatic rings. The second kappa shape index (κ2) is 5.81. The van der Waals surface area contributed by atoms with E-state index in [-0.39, 0.29) is 12.6 Å². The minimum Gasteiger partial charge on any atom is -0.481 e. The maximum Gasteiger partial charge on any atom is 0.325 e. The van der Waals surface area contributed by atoms with Crippen molar-refractivity contribution in [1.82, 2.24) is 4.90 Å². The summed E-state index contributed by atoms with van der Waals surface area (Å²) in [4.78, 5) is 24.0. The van der Waals surface area contributed by atoms with Gasteiger partial charge in [0.25, 0.3) is 0 Å². The number of morpholine rings is 1. The number of carbonyl (C=O) groups excluding carboxylic acids is 1. The first-order valence-electron chi connectivity index (χ1n) is 5.18. The fourth-order valence-corrected chi connectivity index (χ4v) is 1.64. The zero-order valence-corrected chi connectivity index (χ0v) is 9.51. The SMILES string of the molecule is COC(=O)C1COCCN1CC(C)C(=O)O. The maximum atomic E-state index is 11.4. The molecule has 2 unspecified atom stereocenters. The van der Waals surface area contributed by atoms with Crippen LogP contribution >= 0.6 is 0 Å². The van der Waals surface area contributed by atoms with Crippen molar-refractivity contribution in [2.24, 2.45) is 5.92 Å². The summed E-state index contributed by atoms with van der Waals surface area (Å²) in [6.07, 6.45) is 0. The van der Waals surface area contributed by atoms with Crippen molar-refractivity contribution < 1.29 is 24.2 Å². The van der Waals surface area contributed by atoms with E-state index in [1.54, 1.807) is 11.8 Å². The van der Waals surface area contributed by atoms with Gasteiger partial charge in [-0.15, -0.1) is 0 Å². The lowest BCUT2D eigenvalue weighted by atomic mass is 10.1. The molecule has 0 aromatic heterocycles. The number of aliphatic carboxylic acids is 1. The first-order valence-corrected chi connectivity index (χ1v) is 5.18. The fraction of sp³-hybridized carbons (Fsp3) is 0.800. The number of esters is 1. The first kappa shape index (κ1) is 12.9. The van der Waals surface area contributed by atoms with Crippen molar-refractivity contribution in [3.63, 3.8) is 0 Å². The minimum absolute atomic E-state index is 0.263. The van der Waals surface area contributed by atoms with Crippen molar-refractivity contribution in [2.45, 2.75) is 13.0 Å². The monoisotopic (exact) mass is 231 g/mol. The van der Waals surface area contributed by atoms with Gasteiger partial charge >= 0.3 is 11.9 Å². The molecule has 1 fully saturated rings. The molecule has 0 radical (unpaired) electrons. The Bertz CT molecular complexity index is 268. The number of ether oxygens (including phenoxy) is 2. The van der Waals surface area contributed by atoms with Crippen LogP contribution in [0.3, 0.4) is 0 Å². The Morgan fingerprint density at radius 1 is 1.62 bits per heavy atom. The van der Waals surface area contributed by atoms with Gasteiger partial charge in [0.05, 0.1) is 26.2 Å². The van der Waals surface area contributed by atoms with Gasteiger partial charge in [-0.25, -0.2) is 0 Å². The summed E-state index contributed by atoms with van der Waals surface area (Å²) >= 11 is 0. The van der Waals surface area contributed by atoms with E-state index >= 15 is 0 Å². The molecule has 1 aliphatic heterocycles. The zero-order chi connectivity index (χ0) is 12.1. The number of hydrogen-bond donors (Lipinski definition) is 1. The van der Waals surface area contributed by atoms with Crippen LogP contribution in [0.2, 0.25) is 0 Å². The number of hydrogen-bond acceptors (Lipinski definition) is 5. The summed E-state index contributed by atoms with van der Waals surface area (Å²) in [5.41, 5.74) is 0. The summed E-state index contributed by atoms with van der Waals surface area (Å²) in [5.74, 6) is -1.75. The highest BCUT2D eigenvalue weighted by Crippen LogP contribution is 2.11. The number of methoxy groups -OCH3 is 1. The average molecular weight is 231 g/mol. The van der Waals surface area contributed by atoms with E-state index in [0.717, 1.165) is 0 Å². The van der Waals surface area contributed by atoms with Crippen molar-refractivity contribution in [2.75, 3.05) is 33.4 Å². The number of carboxylic acids is 1. The van der Waals surface area contributed by atoms with Crippen LogP contribution in [-0.4, -0.2) is 61.4 Å². The smallest absolute Gasteiger partial charge is 0.325 e. The van der Waals surface area contributed by atoms with Gasteiger partial charge in [0.1, 0.15) is 6.04 Å². The van der Waals surface area contributed by atoms with E-state index < -0.39 is 17.9 Å². The van der Waals surface area contributed by atoms with Crippen LogP contribution in [0.5, 0.6) is 0 Å². The Hall–Kier alpha value is -1.14. The van der Waals surface area contributed by atoms with Crippen LogP contribution in [0.1, 0.15) is 6.92 Å². The highest BCUT2D eigenvalue weighted by Gasteiger charge is 2.32. The second-order valence-electron chi connectivity index (χ2n) is 3.85. The molecule has 1 rings (SSSR count). The van der Waals surface area contributed by atoms with Gasteiger partial charge in [-0.2, -0.15) is 0 Å². The highest BCUT2D eigenvalue weighted by atomic mass is 16.5. The van der Waals surface area contributed by atoms with E-state index in [0.29, 0.717) is 19.7 Å². The molecular formula is C10H17NO5. The number of rotatable bonds is 4. The molecule has 6 nitrogen and oxygen atoms in total. The molecule has 0 amide bonds. The number of carbonyl (C=O) groups is 2. The lowest BCUT2D eigenvalue weighted by molar-refractivity contribution is -0.155. The topological polar surface area (TPSA) is 76.1 Å². The first-order chi connectivity index (χ1) is 7.56. The lowest BCUT2D eigenvalue weighted by Gasteiger charge is -2.34. The molecule has 92 valence electrons. The van der Waals surface area contributed by atoms with Gasteiger partial charge in [-0.1, -0.05) is 6.92 Å². The van der Waals surface area contributed by atoms with Crippen LogP contribution in [0, 0.1) is 5.92 Å². The standard InChI is InChI=1S/C10H17NO5/c1-7(9(12)13)5-11-3-4-16-6-8(11)10(14)15-2/h7-8H,3-6H2,1-2H3,(H,12,13). The van der Waals surface area contributed by atoms with E-state index in [4.69, 9.17) is 9.84 Å². The second-order valence-corrected chi connectivity index (χ2v) is 3.85. The number of nitrogens with zero attached hydrogens (tertiary/aromatic N) is 1. The third-order valence-corrected chi connectivity index (χ3v) is 2.64. The van der Waals surface area contributed by atoms with Gasteiger partial charge in [-0.05, 0) is 0 Å². The summed E-state index contributed by atoms with van der Waals surface area (Å²) in [7, 11) is 1.32. The summed E-state index contributed by atoms with van der Waals surface area (Å²) in [5, 5.41) is 8.82. The van der Waals surface area contributed by atoms with Crippen LogP contribution in [0.25, 0.3) is 0 Å². The van der Waals surface area contributed by atoms with Crippen molar-refractivity contribution >= 4 is 11.9 Å². The largest absolute Gasteiger partial charge is 0.481 e. The molecule has 6 heteroatoms. The molecule has 0 spiro atoms. The predicted molar refractivity (Wildman–Crippen MR) is 55.0 cm³/mol. The van der Waals surface area contributed by atoms with Gasteiger partial charge in [0.15, 0.2) is 0 Å². The van der Waals surface area contributed by atoms with Gasteiger partial charge in [0, 0.05) is 13.1 Å². The molecule has 0 saturated carbocycles. The molecule has 1 heterocycles. The van der Waals surface area contributed by atoms with Crippen molar-refractivity contribution in [3.8, 4) is 0 Å². The van der Waals surface area contributed by atoms with Gasteiger partial charge in [-0.3, -0.25) is 14.5 Å². The van der Waals surface area contributed by atoms with Gasteiger partial charge < -0.3 is 14.6 Å². The molecule has 2 atom stereocenters. The Morgan fingerprint density at radius 3 is 2.88 bits per heavy atom. The molecule has 0 aromatic rings. The molecule has 0 aliphatic carbocycles. The summed E-state index contributed by atoms with van der Waals surface area (Å²) in [6.45, 7) is 3.28. The van der Waals surface area contributed by atoms with Crippen molar-refractivity contribution in [1.29, 1.82) is 0 Å². The highest BCUT2D eigenvalue weighted by molar-refractivity contribution is 5.76. The van der Waals surface area contributed by atoms with E-state index in [1.807, 2.05) is 0 Å². The molecule has 0 bridgehead atoms. The third kappa shape index (κ3) is 3.18. The van der Waals surface area contributed by atoms with E-state index in [1.165, 1.54) is 7.11 Å². The van der Waals surface area contributed by atoms with E-state index in [9.17, 15) is 9.59 Å². The van der Waals surface area contributed by atoms with Gasteiger partial charge in [0.2, 0.25) is 0 Å². The fourth-order valence-electron chi connectivity index (χ4n) is 1.64. The maximum absolute atomic E-state index is 11.4. The Morgan fingerprint density at radius 2 is 2.31 bits per heavy atom. The molecule has 0 aromatic carbocycles. The summed E-state index contributed by atoms with van der Waals surface area (Å²) < 4.78 is 9.84. The third-order valence-electron chi connectivity index (χ3n) is 2.64. The summed E-state index contributed by atoms with van der Waals surface area (Å²) in [6, 6.07) is -0.486. The van der Waals surface area contributed by atoms with Crippen LogP contribution in [0.4, 0.5) is 0 Å². The van der Waals surface area contributed by atoms with Crippen LogP contribution < -0.4 is 0 Å². The van der Waals surface area contributed by atoms with Crippen LogP contribution in [0.15, 0.2) is 0 Å². The average Bonchev–Trinajstić information content (AvgIpc) is 2.28. The molecular weight excluding hydrogens is 214 g/mol. The lowest BCUT2D eigenvalue weighted by Crippen LogP contribution is -2.52. The van der Waals surface area contributed by atoms with E-state index in [2.05, 4.69) is 4.74 Å². The predicted octanol–water partition coefficient (Wildman–Crippen LogP) is -0.419. The van der Waals surface area contributed by atoms with Crippen molar-refractivity contribution in [3.05, 3.63) is 0 Å². The quantitative estimate of drug-likeness (QED) is 0.662. The Labute approximate surface area is 94.1 Å². The molecule has 1 N–H and O–H groups in total. The molecule has 16 heavy (non-hydrogen) atoms. The zero-order valence-electron chi connectivity index (χ0n) is 9.51. The van der Waals surface area contributed by atoms with Crippen LogP contribution in [-0.2, 0) is 19.1 Å². The Balaban J connectivity index is 2.60. The molecule has 1 saturated heterocycles. The normalized spacial score (nSPS) is 23.8.